The first-order valence-electron chi connectivity index (χ1n) is 6.62. The molecule has 0 spiro atoms. The molecule has 2 rings (SSSR count). The van der Waals surface area contributed by atoms with Crippen LogP contribution in [0, 0.1) is 12.3 Å². The zero-order chi connectivity index (χ0) is 14.9. The summed E-state index contributed by atoms with van der Waals surface area (Å²) in [4.78, 5) is 25.3. The Kier molecular flexibility index (Phi) is 4.18. The second-order valence-electron chi connectivity index (χ2n) is 5.62. The highest BCUT2D eigenvalue weighted by Crippen LogP contribution is 2.31. The third-order valence-electron chi connectivity index (χ3n) is 4.09. The number of piperidine rings is 1. The average molecular weight is 340 g/mol. The van der Waals surface area contributed by atoms with Crippen molar-refractivity contribution in [2.75, 3.05) is 13.1 Å². The normalized spacial score (nSPS) is 17.9. The number of hydrogen-bond donors (Lipinski definition) is 1. The molecule has 4 nitrogen and oxygen atoms in total. The summed E-state index contributed by atoms with van der Waals surface area (Å²) in [5.74, 6) is -0.805. The number of aliphatic carboxylic acids is 1. The lowest BCUT2D eigenvalue weighted by Crippen LogP contribution is -2.45. The zero-order valence-electron chi connectivity index (χ0n) is 11.6. The third-order valence-corrected chi connectivity index (χ3v) is 4.94. The van der Waals surface area contributed by atoms with E-state index in [0.717, 1.165) is 10.0 Å². The number of carbonyl (C=O) groups excluding carboxylic acids is 1. The molecule has 1 amide bonds. The highest BCUT2D eigenvalue weighted by Gasteiger charge is 2.38. The second kappa shape index (κ2) is 5.56. The predicted molar refractivity (Wildman–Crippen MR) is 79.8 cm³/mol. The fraction of sp³-hybridized carbons (Fsp3) is 0.467. The lowest BCUT2D eigenvalue weighted by Gasteiger charge is -2.36. The standard InChI is InChI=1S/C15H18BrNO3/c1-10-3-4-11(9-12(10)16)13(18)17-7-5-15(2,6-8-17)14(19)20/h3-4,9H,5-8H2,1-2H3,(H,19,20). The molecule has 1 aliphatic rings. The van der Waals surface area contributed by atoms with Crippen molar-refractivity contribution in [2.45, 2.75) is 26.7 Å². The van der Waals surface area contributed by atoms with Gasteiger partial charge in [0.1, 0.15) is 0 Å². The van der Waals surface area contributed by atoms with Gasteiger partial charge in [0.2, 0.25) is 0 Å². The number of carboxylic acid groups (broad SMARTS) is 1. The molecule has 0 aliphatic carbocycles. The van der Waals surface area contributed by atoms with Crippen LogP contribution < -0.4 is 0 Å². The van der Waals surface area contributed by atoms with Gasteiger partial charge in [0.15, 0.2) is 0 Å². The lowest BCUT2D eigenvalue weighted by atomic mass is 9.80. The van der Waals surface area contributed by atoms with Gasteiger partial charge in [0.25, 0.3) is 5.91 Å². The van der Waals surface area contributed by atoms with Gasteiger partial charge in [-0.25, -0.2) is 0 Å². The summed E-state index contributed by atoms with van der Waals surface area (Å²) in [5.41, 5.74) is 1.02. The summed E-state index contributed by atoms with van der Waals surface area (Å²) >= 11 is 3.43. The number of halogens is 1. The molecule has 1 heterocycles. The maximum atomic E-state index is 12.4. The third kappa shape index (κ3) is 2.87. The number of nitrogens with zero attached hydrogens (tertiary/aromatic N) is 1. The van der Waals surface area contributed by atoms with Gasteiger partial charge in [-0.05, 0) is 44.4 Å². The van der Waals surface area contributed by atoms with Crippen LogP contribution in [0.15, 0.2) is 22.7 Å². The van der Waals surface area contributed by atoms with Crippen LogP contribution in [-0.4, -0.2) is 35.0 Å². The number of amides is 1. The number of likely N-dealkylation sites (tertiary alicyclic amines) is 1. The number of carboxylic acids is 1. The van der Waals surface area contributed by atoms with Crippen LogP contribution in [0.1, 0.15) is 35.7 Å². The molecular formula is C15H18BrNO3. The molecular weight excluding hydrogens is 322 g/mol. The van der Waals surface area contributed by atoms with E-state index in [9.17, 15) is 14.7 Å². The van der Waals surface area contributed by atoms with E-state index in [2.05, 4.69) is 15.9 Å². The highest BCUT2D eigenvalue weighted by atomic mass is 79.9. The molecule has 0 saturated carbocycles. The van der Waals surface area contributed by atoms with Crippen LogP contribution in [0.5, 0.6) is 0 Å². The van der Waals surface area contributed by atoms with E-state index in [-0.39, 0.29) is 5.91 Å². The Hall–Kier alpha value is -1.36. The average Bonchev–Trinajstić information content (AvgIpc) is 2.42. The summed E-state index contributed by atoms with van der Waals surface area (Å²) in [6, 6.07) is 5.54. The monoisotopic (exact) mass is 339 g/mol. The van der Waals surface area contributed by atoms with Crippen molar-refractivity contribution < 1.29 is 14.7 Å². The topological polar surface area (TPSA) is 57.6 Å². The van der Waals surface area contributed by atoms with Crippen molar-refractivity contribution in [3.8, 4) is 0 Å². The van der Waals surface area contributed by atoms with Crippen LogP contribution >= 0.6 is 15.9 Å². The number of benzene rings is 1. The van der Waals surface area contributed by atoms with Crippen LogP contribution in [0.3, 0.4) is 0 Å². The molecule has 1 aromatic rings. The summed E-state index contributed by atoms with van der Waals surface area (Å²) < 4.78 is 0.913. The van der Waals surface area contributed by atoms with Gasteiger partial charge in [-0.2, -0.15) is 0 Å². The summed E-state index contributed by atoms with van der Waals surface area (Å²) in [5, 5.41) is 9.20. The minimum Gasteiger partial charge on any atom is -0.481 e. The smallest absolute Gasteiger partial charge is 0.309 e. The predicted octanol–water partition coefficient (Wildman–Crippen LogP) is 3.08. The van der Waals surface area contributed by atoms with Gasteiger partial charge < -0.3 is 10.0 Å². The van der Waals surface area contributed by atoms with Gasteiger partial charge in [0, 0.05) is 23.1 Å². The van der Waals surface area contributed by atoms with Gasteiger partial charge in [-0.15, -0.1) is 0 Å². The van der Waals surface area contributed by atoms with E-state index in [1.165, 1.54) is 0 Å². The van der Waals surface area contributed by atoms with Gasteiger partial charge in [-0.1, -0.05) is 22.0 Å². The summed E-state index contributed by atoms with van der Waals surface area (Å²) in [7, 11) is 0. The molecule has 0 unspecified atom stereocenters. The van der Waals surface area contributed by atoms with Gasteiger partial charge >= 0.3 is 5.97 Å². The minimum atomic E-state index is -0.775. The molecule has 0 bridgehead atoms. The highest BCUT2D eigenvalue weighted by molar-refractivity contribution is 9.10. The summed E-state index contributed by atoms with van der Waals surface area (Å²) in [6.07, 6.45) is 1.00. The number of rotatable bonds is 2. The van der Waals surface area contributed by atoms with E-state index in [1.807, 2.05) is 25.1 Å². The van der Waals surface area contributed by atoms with Crippen molar-refractivity contribution in [3.05, 3.63) is 33.8 Å². The van der Waals surface area contributed by atoms with E-state index < -0.39 is 11.4 Å². The Morgan fingerprint density at radius 1 is 1.30 bits per heavy atom. The fourth-order valence-electron chi connectivity index (χ4n) is 2.33. The Balaban J connectivity index is 2.08. The lowest BCUT2D eigenvalue weighted by molar-refractivity contribution is -0.150. The molecule has 0 radical (unpaired) electrons. The largest absolute Gasteiger partial charge is 0.481 e. The van der Waals surface area contributed by atoms with Crippen LogP contribution in [0.2, 0.25) is 0 Å². The molecule has 1 N–H and O–H groups in total. The van der Waals surface area contributed by atoms with Crippen molar-refractivity contribution in [1.82, 2.24) is 4.90 Å². The molecule has 0 aromatic heterocycles. The first kappa shape index (κ1) is 15.0. The van der Waals surface area contributed by atoms with Crippen LogP contribution in [0.4, 0.5) is 0 Å². The Labute approximate surface area is 126 Å². The quantitative estimate of drug-likeness (QED) is 0.900. The Bertz CT molecular complexity index is 548. The molecule has 1 aliphatic heterocycles. The van der Waals surface area contributed by atoms with E-state index in [4.69, 9.17) is 0 Å². The first-order chi connectivity index (χ1) is 9.33. The van der Waals surface area contributed by atoms with Crippen LogP contribution in [0.25, 0.3) is 0 Å². The Morgan fingerprint density at radius 3 is 2.40 bits per heavy atom. The zero-order valence-corrected chi connectivity index (χ0v) is 13.2. The molecule has 1 aromatic carbocycles. The van der Waals surface area contributed by atoms with Crippen molar-refractivity contribution in [1.29, 1.82) is 0 Å². The molecule has 108 valence electrons. The van der Waals surface area contributed by atoms with E-state index >= 15 is 0 Å². The Morgan fingerprint density at radius 2 is 1.90 bits per heavy atom. The first-order valence-corrected chi connectivity index (χ1v) is 7.42. The van der Waals surface area contributed by atoms with E-state index in [1.54, 1.807) is 11.8 Å². The van der Waals surface area contributed by atoms with Gasteiger partial charge in [0.05, 0.1) is 5.41 Å². The molecule has 20 heavy (non-hydrogen) atoms. The number of hydrogen-bond acceptors (Lipinski definition) is 2. The molecule has 0 atom stereocenters. The maximum Gasteiger partial charge on any atom is 0.309 e. The SMILES string of the molecule is Cc1ccc(C(=O)N2CCC(C)(C(=O)O)CC2)cc1Br. The molecule has 5 heteroatoms. The van der Waals surface area contributed by atoms with Gasteiger partial charge in [-0.3, -0.25) is 9.59 Å². The fourth-order valence-corrected chi connectivity index (χ4v) is 2.70. The van der Waals surface area contributed by atoms with Crippen LogP contribution in [-0.2, 0) is 4.79 Å². The van der Waals surface area contributed by atoms with E-state index in [0.29, 0.717) is 31.5 Å². The maximum absolute atomic E-state index is 12.4. The number of carbonyl (C=O) groups is 2. The minimum absolute atomic E-state index is 0.0295. The van der Waals surface area contributed by atoms with Crippen molar-refractivity contribution in [2.24, 2.45) is 5.41 Å². The molecule has 1 fully saturated rings. The summed E-state index contributed by atoms with van der Waals surface area (Å²) in [6.45, 7) is 4.71. The number of aryl methyl sites for hydroxylation is 1. The molecule has 1 saturated heterocycles. The van der Waals surface area contributed by atoms with Crippen molar-refractivity contribution >= 4 is 27.8 Å². The second-order valence-corrected chi connectivity index (χ2v) is 6.48. The van der Waals surface area contributed by atoms with Crippen molar-refractivity contribution in [3.63, 3.8) is 0 Å².